The molecule has 3 aromatic heterocycles. The molecule has 0 saturated heterocycles. The Morgan fingerprint density at radius 3 is 2.47 bits per heavy atom. The molecule has 0 atom stereocenters. The van der Waals surface area contributed by atoms with Crippen LogP contribution in [-0.2, 0) is 0 Å². The highest BCUT2D eigenvalue weighted by atomic mass is 16.3. The van der Waals surface area contributed by atoms with Crippen molar-refractivity contribution in [3.05, 3.63) is 84.9 Å². The third-order valence-electron chi connectivity index (χ3n) is 6.47. The number of nitrogens with zero attached hydrogens (tertiary/aromatic N) is 3. The first kappa shape index (κ1) is 17.6. The Balaban J connectivity index is 1.58. The first-order valence-corrected chi connectivity index (χ1v) is 11.0. The van der Waals surface area contributed by atoms with Crippen LogP contribution in [0, 0.1) is 0 Å². The Morgan fingerprint density at radius 2 is 1.56 bits per heavy atom. The number of para-hydroxylation sites is 4. The topological polar surface area (TPSA) is 35.4 Å². The zero-order chi connectivity index (χ0) is 21.4. The van der Waals surface area contributed by atoms with Crippen LogP contribution >= 0.6 is 0 Å². The van der Waals surface area contributed by atoms with Crippen molar-refractivity contribution in [2.24, 2.45) is 0 Å². The van der Waals surface area contributed by atoms with Crippen molar-refractivity contribution < 1.29 is 4.42 Å². The first-order valence-electron chi connectivity index (χ1n) is 11.0. The largest absolute Gasteiger partial charge is 0.455 e. The van der Waals surface area contributed by atoms with E-state index in [-0.39, 0.29) is 0 Å². The summed E-state index contributed by atoms with van der Waals surface area (Å²) in [4.78, 5) is 4.96. The van der Waals surface area contributed by atoms with Crippen LogP contribution in [-0.4, -0.2) is 14.0 Å². The van der Waals surface area contributed by atoms with Crippen LogP contribution in [0.15, 0.2) is 89.3 Å². The fourth-order valence-corrected chi connectivity index (χ4v) is 5.08. The monoisotopic (exact) mass is 415 g/mol. The molecule has 0 bridgehead atoms. The van der Waals surface area contributed by atoms with E-state index in [0.717, 1.165) is 55.4 Å². The van der Waals surface area contributed by atoms with Gasteiger partial charge in [0.25, 0.3) is 0 Å². The van der Waals surface area contributed by atoms with Gasteiger partial charge in [-0.1, -0.05) is 54.6 Å². The van der Waals surface area contributed by atoms with Crippen molar-refractivity contribution >= 4 is 49.8 Å². The molecule has 32 heavy (non-hydrogen) atoms. The van der Waals surface area contributed by atoms with Crippen molar-refractivity contribution in [3.63, 3.8) is 0 Å². The summed E-state index contributed by atoms with van der Waals surface area (Å²) < 4.78 is 10.9. The van der Waals surface area contributed by atoms with Crippen LogP contribution < -0.4 is 0 Å². The summed E-state index contributed by atoms with van der Waals surface area (Å²) >= 11 is 0. The molecule has 4 aromatic carbocycles. The standard InChI is InChI=1S/C28H21N3O/c1-17(2)30-24-15-14-18(16-25(24)31-23-12-5-4-11-22(23)29-28(30)31)19-9-7-10-21-20-8-3-6-13-26(20)32-27(19)21/h3-17H,1-2H3. The highest BCUT2D eigenvalue weighted by molar-refractivity contribution is 6.10. The molecule has 0 aliphatic carbocycles. The highest BCUT2D eigenvalue weighted by Gasteiger charge is 2.19. The molecule has 154 valence electrons. The summed E-state index contributed by atoms with van der Waals surface area (Å²) in [5, 5.41) is 2.30. The minimum absolute atomic E-state index is 0.302. The SMILES string of the molecule is CC(C)n1c2ccc(-c3cccc4c3oc3ccccc34)cc2n2c3ccccc3nc12. The number of imidazole rings is 2. The van der Waals surface area contributed by atoms with Crippen molar-refractivity contribution in [2.45, 2.75) is 19.9 Å². The summed E-state index contributed by atoms with van der Waals surface area (Å²) in [6.07, 6.45) is 0. The van der Waals surface area contributed by atoms with Gasteiger partial charge in [-0.2, -0.15) is 0 Å². The average molecular weight is 415 g/mol. The maximum Gasteiger partial charge on any atom is 0.216 e. The molecule has 4 heteroatoms. The van der Waals surface area contributed by atoms with Crippen LogP contribution in [0.2, 0.25) is 0 Å². The van der Waals surface area contributed by atoms with Crippen LogP contribution in [0.4, 0.5) is 0 Å². The fraction of sp³-hybridized carbons (Fsp3) is 0.107. The molecule has 0 radical (unpaired) electrons. The minimum Gasteiger partial charge on any atom is -0.455 e. The molecule has 7 rings (SSSR count). The van der Waals surface area contributed by atoms with Crippen LogP contribution in [0.25, 0.3) is 60.9 Å². The predicted octanol–water partition coefficient (Wildman–Crippen LogP) is 7.59. The predicted molar refractivity (Wildman–Crippen MR) is 131 cm³/mol. The Morgan fingerprint density at radius 1 is 0.750 bits per heavy atom. The maximum absolute atomic E-state index is 6.31. The molecule has 3 heterocycles. The lowest BCUT2D eigenvalue weighted by atomic mass is 10.0. The van der Waals surface area contributed by atoms with Gasteiger partial charge in [-0.25, -0.2) is 4.98 Å². The van der Waals surface area contributed by atoms with Gasteiger partial charge < -0.3 is 8.98 Å². The lowest BCUT2D eigenvalue weighted by molar-refractivity contribution is 0.633. The maximum atomic E-state index is 6.31. The van der Waals surface area contributed by atoms with E-state index >= 15 is 0 Å². The number of furan rings is 1. The zero-order valence-corrected chi connectivity index (χ0v) is 17.9. The van der Waals surface area contributed by atoms with Crippen LogP contribution in [0.3, 0.4) is 0 Å². The van der Waals surface area contributed by atoms with E-state index in [1.807, 2.05) is 18.2 Å². The summed E-state index contributed by atoms with van der Waals surface area (Å²) in [5.74, 6) is 0.982. The van der Waals surface area contributed by atoms with E-state index in [1.54, 1.807) is 0 Å². The van der Waals surface area contributed by atoms with Gasteiger partial charge in [0.2, 0.25) is 5.78 Å². The molecule has 0 fully saturated rings. The van der Waals surface area contributed by atoms with Gasteiger partial charge >= 0.3 is 0 Å². The van der Waals surface area contributed by atoms with E-state index in [9.17, 15) is 0 Å². The van der Waals surface area contributed by atoms with E-state index in [0.29, 0.717) is 6.04 Å². The molecular formula is C28H21N3O. The molecule has 4 nitrogen and oxygen atoms in total. The molecule has 0 aliphatic rings. The Labute approximate surface area is 184 Å². The van der Waals surface area contributed by atoms with E-state index in [1.165, 1.54) is 5.52 Å². The molecule has 0 N–H and O–H groups in total. The van der Waals surface area contributed by atoms with Gasteiger partial charge in [-0.05, 0) is 49.7 Å². The van der Waals surface area contributed by atoms with Gasteiger partial charge in [0.15, 0.2) is 0 Å². The quantitative estimate of drug-likeness (QED) is 0.291. The van der Waals surface area contributed by atoms with Crippen molar-refractivity contribution in [1.29, 1.82) is 0 Å². The third kappa shape index (κ3) is 2.24. The van der Waals surface area contributed by atoms with Crippen LogP contribution in [0.1, 0.15) is 19.9 Å². The van der Waals surface area contributed by atoms with Crippen molar-refractivity contribution in [2.75, 3.05) is 0 Å². The van der Waals surface area contributed by atoms with Crippen LogP contribution in [0.5, 0.6) is 0 Å². The second-order valence-corrected chi connectivity index (χ2v) is 8.68. The number of hydrogen-bond acceptors (Lipinski definition) is 2. The summed E-state index contributed by atoms with van der Waals surface area (Å²) in [6.45, 7) is 4.42. The second kappa shape index (κ2) is 6.24. The average Bonchev–Trinajstić information content (AvgIpc) is 3.46. The Kier molecular flexibility index (Phi) is 3.43. The molecule has 0 amide bonds. The fourth-order valence-electron chi connectivity index (χ4n) is 5.08. The number of aromatic nitrogens is 3. The molecule has 0 aliphatic heterocycles. The molecule has 0 unspecified atom stereocenters. The molecular weight excluding hydrogens is 394 g/mol. The number of fused-ring (bicyclic) bond motifs is 8. The smallest absolute Gasteiger partial charge is 0.216 e. The lowest BCUT2D eigenvalue weighted by Gasteiger charge is -2.09. The number of benzene rings is 4. The first-order chi connectivity index (χ1) is 15.7. The Bertz CT molecular complexity index is 1810. The van der Waals surface area contributed by atoms with E-state index < -0.39 is 0 Å². The van der Waals surface area contributed by atoms with Gasteiger partial charge in [0, 0.05) is 22.4 Å². The van der Waals surface area contributed by atoms with Gasteiger partial charge in [-0.3, -0.25) is 4.40 Å². The van der Waals surface area contributed by atoms with Crippen molar-refractivity contribution in [1.82, 2.24) is 14.0 Å². The molecule has 0 spiro atoms. The number of hydrogen-bond donors (Lipinski definition) is 0. The number of rotatable bonds is 2. The normalized spacial score (nSPS) is 12.3. The van der Waals surface area contributed by atoms with Gasteiger partial charge in [0.05, 0.1) is 22.1 Å². The summed E-state index contributed by atoms with van der Waals surface area (Å²) in [5.41, 5.74) is 8.60. The molecule has 7 aromatic rings. The highest BCUT2D eigenvalue weighted by Crippen LogP contribution is 2.38. The van der Waals surface area contributed by atoms with Crippen molar-refractivity contribution in [3.8, 4) is 11.1 Å². The summed E-state index contributed by atoms with van der Waals surface area (Å²) in [7, 11) is 0. The lowest BCUT2D eigenvalue weighted by Crippen LogP contribution is -2.00. The third-order valence-corrected chi connectivity index (χ3v) is 6.47. The minimum atomic E-state index is 0.302. The summed E-state index contributed by atoms with van der Waals surface area (Å²) in [6, 6.07) is 30.0. The van der Waals surface area contributed by atoms with E-state index in [4.69, 9.17) is 9.40 Å². The molecule has 0 saturated carbocycles. The van der Waals surface area contributed by atoms with Gasteiger partial charge in [0.1, 0.15) is 11.2 Å². The van der Waals surface area contributed by atoms with E-state index in [2.05, 4.69) is 89.5 Å². The second-order valence-electron chi connectivity index (χ2n) is 8.68. The zero-order valence-electron chi connectivity index (χ0n) is 17.9. The van der Waals surface area contributed by atoms with Gasteiger partial charge in [-0.15, -0.1) is 0 Å². The Hall–Kier alpha value is -4.05.